The summed E-state index contributed by atoms with van der Waals surface area (Å²) in [6.45, 7) is 0.250. The third-order valence-corrected chi connectivity index (χ3v) is 3.74. The highest BCUT2D eigenvalue weighted by atomic mass is 16.5. The zero-order valence-corrected chi connectivity index (χ0v) is 12.2. The first-order valence-electron chi connectivity index (χ1n) is 7.24. The highest BCUT2D eigenvalue weighted by Crippen LogP contribution is 2.25. The molecule has 0 radical (unpaired) electrons. The van der Waals surface area contributed by atoms with E-state index in [4.69, 9.17) is 9.47 Å². The maximum Gasteiger partial charge on any atom is 0.407 e. The molecule has 0 aromatic heterocycles. The van der Waals surface area contributed by atoms with E-state index >= 15 is 0 Å². The van der Waals surface area contributed by atoms with Crippen LogP contribution in [0.25, 0.3) is 0 Å². The van der Waals surface area contributed by atoms with Gasteiger partial charge in [-0.1, -0.05) is 36.8 Å². The normalized spacial score (nSPS) is 21.4. The topological polar surface area (TPSA) is 64.6 Å². The minimum absolute atomic E-state index is 0.0221. The molecule has 0 spiro atoms. The van der Waals surface area contributed by atoms with Crippen molar-refractivity contribution in [2.24, 2.45) is 5.92 Å². The lowest BCUT2D eigenvalue weighted by Crippen LogP contribution is -2.40. The molecule has 5 heteroatoms. The van der Waals surface area contributed by atoms with Crippen LogP contribution in [0.4, 0.5) is 4.79 Å². The summed E-state index contributed by atoms with van der Waals surface area (Å²) in [7, 11) is 1.40. The highest BCUT2D eigenvalue weighted by molar-refractivity contribution is 5.73. The monoisotopic (exact) mass is 291 g/mol. The first-order valence-corrected chi connectivity index (χ1v) is 7.24. The Morgan fingerprint density at radius 3 is 2.71 bits per heavy atom. The van der Waals surface area contributed by atoms with Crippen molar-refractivity contribution >= 4 is 12.1 Å². The molecule has 1 fully saturated rings. The average molecular weight is 291 g/mol. The van der Waals surface area contributed by atoms with Gasteiger partial charge in [0.25, 0.3) is 0 Å². The Morgan fingerprint density at radius 1 is 1.24 bits per heavy atom. The third kappa shape index (κ3) is 4.77. The van der Waals surface area contributed by atoms with Crippen LogP contribution in [0.5, 0.6) is 0 Å². The van der Waals surface area contributed by atoms with Crippen LogP contribution in [0.1, 0.15) is 31.2 Å². The molecule has 1 N–H and O–H groups in total. The molecule has 0 bridgehead atoms. The lowest BCUT2D eigenvalue weighted by Gasteiger charge is -2.27. The molecule has 114 valence electrons. The summed E-state index contributed by atoms with van der Waals surface area (Å²) in [5, 5.41) is 2.83. The van der Waals surface area contributed by atoms with E-state index in [9.17, 15) is 9.59 Å². The molecule has 0 heterocycles. The number of methoxy groups -OCH3 is 1. The smallest absolute Gasteiger partial charge is 0.407 e. The molecule has 2 atom stereocenters. The van der Waals surface area contributed by atoms with Crippen molar-refractivity contribution in [1.29, 1.82) is 0 Å². The van der Waals surface area contributed by atoms with E-state index < -0.39 is 6.09 Å². The van der Waals surface area contributed by atoms with Crippen molar-refractivity contribution < 1.29 is 19.1 Å². The predicted octanol–water partition coefficient (Wildman–Crippen LogP) is 2.64. The Bertz CT molecular complexity index is 474. The van der Waals surface area contributed by atoms with Crippen LogP contribution in [0, 0.1) is 5.92 Å². The molecule has 0 aliphatic heterocycles. The van der Waals surface area contributed by atoms with E-state index in [1.807, 2.05) is 30.3 Å². The first kappa shape index (κ1) is 15.4. The molecule has 1 aliphatic carbocycles. The standard InChI is InChI=1S/C16H21NO4/c1-20-15(18)13-8-5-9-14(10-13)17-16(19)21-11-12-6-3-2-4-7-12/h2-4,6-7,13-14H,5,8-11H2,1H3,(H,17,19)/t13-,14+/m1/s1. The second-order valence-corrected chi connectivity index (χ2v) is 5.29. The van der Waals surface area contributed by atoms with Crippen molar-refractivity contribution in [2.75, 3.05) is 7.11 Å². The van der Waals surface area contributed by atoms with Crippen molar-refractivity contribution in [2.45, 2.75) is 38.3 Å². The summed E-state index contributed by atoms with van der Waals surface area (Å²) in [6.07, 6.45) is 2.78. The zero-order valence-electron chi connectivity index (χ0n) is 12.2. The lowest BCUT2D eigenvalue weighted by atomic mass is 9.86. The fourth-order valence-corrected chi connectivity index (χ4v) is 2.63. The number of carbonyl (C=O) groups is 2. The molecule has 1 saturated carbocycles. The SMILES string of the molecule is COC(=O)[C@@H]1CCC[C@H](NC(=O)OCc2ccccc2)C1. The second-order valence-electron chi connectivity index (χ2n) is 5.29. The van der Waals surface area contributed by atoms with E-state index in [0.29, 0.717) is 6.42 Å². The van der Waals surface area contributed by atoms with E-state index in [-0.39, 0.29) is 24.5 Å². The number of ether oxygens (including phenoxy) is 2. The second kappa shape index (κ2) is 7.67. The van der Waals surface area contributed by atoms with Gasteiger partial charge in [0.2, 0.25) is 0 Å². The summed E-state index contributed by atoms with van der Waals surface area (Å²) < 4.78 is 9.95. The van der Waals surface area contributed by atoms with Gasteiger partial charge in [-0.15, -0.1) is 0 Å². The number of alkyl carbamates (subject to hydrolysis) is 1. The minimum atomic E-state index is -0.436. The summed E-state index contributed by atoms with van der Waals surface area (Å²) in [6, 6.07) is 9.50. The molecule has 1 amide bonds. The summed E-state index contributed by atoms with van der Waals surface area (Å²) in [4.78, 5) is 23.3. The number of rotatable bonds is 4. The van der Waals surface area contributed by atoms with Crippen LogP contribution >= 0.6 is 0 Å². The number of hydrogen-bond acceptors (Lipinski definition) is 4. The predicted molar refractivity (Wildman–Crippen MR) is 77.5 cm³/mol. The fourth-order valence-electron chi connectivity index (χ4n) is 2.63. The average Bonchev–Trinajstić information content (AvgIpc) is 2.53. The number of carbonyl (C=O) groups excluding carboxylic acids is 2. The van der Waals surface area contributed by atoms with Gasteiger partial charge in [0, 0.05) is 6.04 Å². The van der Waals surface area contributed by atoms with Crippen molar-refractivity contribution in [3.63, 3.8) is 0 Å². The lowest BCUT2D eigenvalue weighted by molar-refractivity contribution is -0.146. The Hall–Kier alpha value is -2.04. The molecule has 0 unspecified atom stereocenters. The Morgan fingerprint density at radius 2 is 2.00 bits per heavy atom. The van der Waals surface area contributed by atoms with Gasteiger partial charge in [0.1, 0.15) is 6.61 Å². The summed E-state index contributed by atoms with van der Waals surface area (Å²) in [5.41, 5.74) is 0.948. The van der Waals surface area contributed by atoms with Crippen LogP contribution in [0.2, 0.25) is 0 Å². The maximum absolute atomic E-state index is 11.8. The van der Waals surface area contributed by atoms with Gasteiger partial charge < -0.3 is 14.8 Å². The largest absolute Gasteiger partial charge is 0.469 e. The van der Waals surface area contributed by atoms with Crippen LogP contribution in [0.15, 0.2) is 30.3 Å². The van der Waals surface area contributed by atoms with Crippen molar-refractivity contribution in [3.8, 4) is 0 Å². The van der Waals surface area contributed by atoms with Crippen LogP contribution < -0.4 is 5.32 Å². The van der Waals surface area contributed by atoms with Gasteiger partial charge in [-0.05, 0) is 24.8 Å². The van der Waals surface area contributed by atoms with E-state index in [2.05, 4.69) is 5.32 Å². The molecule has 0 saturated heterocycles. The molecule has 1 aliphatic rings. The fraction of sp³-hybridized carbons (Fsp3) is 0.500. The van der Waals surface area contributed by atoms with E-state index in [1.165, 1.54) is 7.11 Å². The molecular weight excluding hydrogens is 270 g/mol. The first-order chi connectivity index (χ1) is 10.2. The molecular formula is C16H21NO4. The van der Waals surface area contributed by atoms with Gasteiger partial charge in [-0.25, -0.2) is 4.79 Å². The Balaban J connectivity index is 1.76. The number of amides is 1. The zero-order chi connectivity index (χ0) is 15.1. The van der Waals surface area contributed by atoms with E-state index in [0.717, 1.165) is 24.8 Å². The third-order valence-electron chi connectivity index (χ3n) is 3.74. The van der Waals surface area contributed by atoms with E-state index in [1.54, 1.807) is 0 Å². The maximum atomic E-state index is 11.8. The molecule has 5 nitrogen and oxygen atoms in total. The van der Waals surface area contributed by atoms with Gasteiger partial charge in [-0.3, -0.25) is 4.79 Å². The van der Waals surface area contributed by atoms with Crippen LogP contribution in [-0.2, 0) is 20.9 Å². The molecule has 1 aromatic rings. The number of hydrogen-bond donors (Lipinski definition) is 1. The highest BCUT2D eigenvalue weighted by Gasteiger charge is 2.28. The van der Waals surface area contributed by atoms with Crippen molar-refractivity contribution in [1.82, 2.24) is 5.32 Å². The summed E-state index contributed by atoms with van der Waals surface area (Å²) in [5.74, 6) is -0.317. The molecule has 1 aromatic carbocycles. The van der Waals surface area contributed by atoms with Gasteiger partial charge in [0.05, 0.1) is 13.0 Å². The van der Waals surface area contributed by atoms with Crippen LogP contribution in [-0.4, -0.2) is 25.2 Å². The number of benzene rings is 1. The molecule has 21 heavy (non-hydrogen) atoms. The van der Waals surface area contributed by atoms with Crippen LogP contribution in [0.3, 0.4) is 0 Å². The Kier molecular flexibility index (Phi) is 5.60. The number of nitrogens with one attached hydrogen (secondary N) is 1. The quantitative estimate of drug-likeness (QED) is 0.866. The minimum Gasteiger partial charge on any atom is -0.469 e. The van der Waals surface area contributed by atoms with Crippen molar-refractivity contribution in [3.05, 3.63) is 35.9 Å². The molecule has 2 rings (SSSR count). The van der Waals surface area contributed by atoms with Gasteiger partial charge in [0.15, 0.2) is 0 Å². The van der Waals surface area contributed by atoms with Gasteiger partial charge in [-0.2, -0.15) is 0 Å². The summed E-state index contributed by atoms with van der Waals surface area (Å²) >= 11 is 0. The number of esters is 1. The van der Waals surface area contributed by atoms with Gasteiger partial charge >= 0.3 is 12.1 Å². The Labute approximate surface area is 124 Å².